The third kappa shape index (κ3) is 53.2. The summed E-state index contributed by atoms with van der Waals surface area (Å²) < 4.78 is 5.48. The van der Waals surface area contributed by atoms with Crippen LogP contribution in [0.1, 0.15) is 309 Å². The van der Waals surface area contributed by atoms with Crippen LogP contribution in [0.4, 0.5) is 0 Å². The third-order valence-corrected chi connectivity index (χ3v) is 13.6. The van der Waals surface area contributed by atoms with Crippen molar-refractivity contribution in [1.29, 1.82) is 0 Å². The van der Waals surface area contributed by atoms with Crippen molar-refractivity contribution in [1.82, 2.24) is 5.32 Å². The zero-order valence-corrected chi connectivity index (χ0v) is 45.3. The van der Waals surface area contributed by atoms with E-state index in [1.54, 1.807) is 6.08 Å². The molecule has 0 rings (SSSR count). The summed E-state index contributed by atoms with van der Waals surface area (Å²) in [6.07, 6.45) is 72.7. The zero-order valence-electron chi connectivity index (χ0n) is 45.3. The maximum atomic E-state index is 12.5. The summed E-state index contributed by atoms with van der Waals surface area (Å²) in [5.74, 6) is -0.0961. The maximum absolute atomic E-state index is 12.5. The highest BCUT2D eigenvalue weighted by Gasteiger charge is 2.18. The van der Waals surface area contributed by atoms with Gasteiger partial charge in [-0.3, -0.25) is 9.59 Å². The van der Waals surface area contributed by atoms with Crippen molar-refractivity contribution in [3.8, 4) is 0 Å². The van der Waals surface area contributed by atoms with Gasteiger partial charge < -0.3 is 20.3 Å². The molecular weight excluding hydrogens is 839 g/mol. The molecule has 0 aliphatic heterocycles. The van der Waals surface area contributed by atoms with Gasteiger partial charge in [-0.05, 0) is 89.9 Å². The van der Waals surface area contributed by atoms with Crippen LogP contribution in [0.25, 0.3) is 0 Å². The van der Waals surface area contributed by atoms with Crippen molar-refractivity contribution in [3.05, 3.63) is 48.6 Å². The number of ether oxygens (including phenoxy) is 1. The number of aliphatic hydroxyl groups is 2. The molecule has 0 fully saturated rings. The van der Waals surface area contributed by atoms with Crippen molar-refractivity contribution in [2.45, 2.75) is 321 Å². The molecule has 0 spiro atoms. The Morgan fingerprint density at radius 3 is 1.15 bits per heavy atom. The molecule has 0 saturated carbocycles. The lowest BCUT2D eigenvalue weighted by atomic mass is 10.0. The van der Waals surface area contributed by atoms with Crippen molar-refractivity contribution in [3.63, 3.8) is 0 Å². The van der Waals surface area contributed by atoms with Crippen molar-refractivity contribution in [2.24, 2.45) is 0 Å². The minimum Gasteiger partial charge on any atom is -0.466 e. The van der Waals surface area contributed by atoms with E-state index >= 15 is 0 Å². The second-order valence-corrected chi connectivity index (χ2v) is 20.3. The Morgan fingerprint density at radius 1 is 0.412 bits per heavy atom. The number of hydrogen-bond acceptors (Lipinski definition) is 5. The van der Waals surface area contributed by atoms with Crippen LogP contribution in [0.5, 0.6) is 0 Å². The van der Waals surface area contributed by atoms with Gasteiger partial charge in [0.1, 0.15) is 0 Å². The number of nitrogens with one attached hydrogen (secondary N) is 1. The molecule has 6 nitrogen and oxygen atoms in total. The highest BCUT2D eigenvalue weighted by Crippen LogP contribution is 2.16. The first kappa shape index (κ1) is 65.8. The minimum atomic E-state index is -0.856. The molecule has 0 aromatic carbocycles. The van der Waals surface area contributed by atoms with Gasteiger partial charge in [-0.1, -0.05) is 255 Å². The van der Waals surface area contributed by atoms with Crippen LogP contribution in [0, 0.1) is 0 Å². The highest BCUT2D eigenvalue weighted by atomic mass is 16.5. The molecular formula is C62H115NO5. The molecule has 0 heterocycles. The van der Waals surface area contributed by atoms with Gasteiger partial charge in [-0.15, -0.1) is 0 Å². The Morgan fingerprint density at radius 2 is 0.735 bits per heavy atom. The Bertz CT molecular complexity index is 1150. The molecule has 0 bridgehead atoms. The quantitative estimate of drug-likeness (QED) is 0.0321. The van der Waals surface area contributed by atoms with Gasteiger partial charge in [0.25, 0.3) is 0 Å². The number of hydrogen-bond donors (Lipinski definition) is 3. The van der Waals surface area contributed by atoms with Gasteiger partial charge in [0.05, 0.1) is 25.4 Å². The summed E-state index contributed by atoms with van der Waals surface area (Å²) >= 11 is 0. The van der Waals surface area contributed by atoms with Crippen LogP contribution in [-0.2, 0) is 14.3 Å². The lowest BCUT2D eigenvalue weighted by Gasteiger charge is -2.20. The van der Waals surface area contributed by atoms with Gasteiger partial charge in [0.2, 0.25) is 5.91 Å². The normalized spacial score (nSPS) is 12.9. The summed E-state index contributed by atoms with van der Waals surface area (Å²) in [5.41, 5.74) is 0. The van der Waals surface area contributed by atoms with E-state index in [9.17, 15) is 19.8 Å². The molecule has 0 aliphatic rings. The number of unbranched alkanes of at least 4 members (excludes halogenated alkanes) is 38. The van der Waals surface area contributed by atoms with Gasteiger partial charge in [0, 0.05) is 12.8 Å². The second-order valence-electron chi connectivity index (χ2n) is 20.3. The number of amides is 1. The fourth-order valence-electron chi connectivity index (χ4n) is 8.95. The Kier molecular flexibility index (Phi) is 55.6. The van der Waals surface area contributed by atoms with Crippen LogP contribution in [0.15, 0.2) is 48.6 Å². The molecule has 1 amide bonds. The summed E-state index contributed by atoms with van der Waals surface area (Å²) in [4.78, 5) is 24.5. The standard InChI is InChI=1S/C62H115NO5/c1-3-5-7-9-11-13-15-17-19-21-23-28-32-36-40-44-48-52-56-62(67)68-57-53-49-45-41-37-33-29-25-24-27-31-35-39-43-47-51-55-61(66)63-59(58-64)60(65)54-50-46-42-38-34-30-26-22-20-18-16-14-12-10-8-6-4-2/h13,15,19,21,24,27,50,54,59-60,64-65H,3-12,14,16-18,20,22-23,25-26,28-49,51-53,55-58H2,1-2H3,(H,63,66)/b15-13-,21-19-,27-24-,54-50+. The van der Waals surface area contributed by atoms with Crippen LogP contribution in [0.2, 0.25) is 0 Å². The molecule has 0 aromatic rings. The molecule has 68 heavy (non-hydrogen) atoms. The third-order valence-electron chi connectivity index (χ3n) is 13.6. The van der Waals surface area contributed by atoms with E-state index in [-0.39, 0.29) is 18.5 Å². The number of aliphatic hydroxyl groups excluding tert-OH is 2. The molecule has 2 unspecified atom stereocenters. The van der Waals surface area contributed by atoms with E-state index in [4.69, 9.17) is 4.74 Å². The number of carbonyl (C=O) groups is 2. The average Bonchev–Trinajstić information content (AvgIpc) is 3.34. The van der Waals surface area contributed by atoms with E-state index in [2.05, 4.69) is 55.6 Å². The van der Waals surface area contributed by atoms with Crippen molar-refractivity contribution < 1.29 is 24.5 Å². The zero-order chi connectivity index (χ0) is 49.3. The minimum absolute atomic E-state index is 0.0115. The van der Waals surface area contributed by atoms with Crippen molar-refractivity contribution >= 4 is 11.9 Å². The SMILES string of the molecule is CCCCCC/C=C\C/C=C\CCCCCCCCCC(=O)OCCCCCCCCC/C=C\CCCCCCCC(=O)NC(CO)C(O)/C=C/CCCCCCCCCCCCCCCCC. The monoisotopic (exact) mass is 954 g/mol. The first-order chi connectivity index (χ1) is 33.5. The number of carbonyl (C=O) groups excluding carboxylic acids is 2. The molecule has 0 aliphatic carbocycles. The number of esters is 1. The molecule has 398 valence electrons. The maximum Gasteiger partial charge on any atom is 0.305 e. The average molecular weight is 955 g/mol. The largest absolute Gasteiger partial charge is 0.466 e. The van der Waals surface area contributed by atoms with E-state index in [1.165, 1.54) is 212 Å². The van der Waals surface area contributed by atoms with E-state index in [0.29, 0.717) is 19.4 Å². The number of rotatable bonds is 55. The topological polar surface area (TPSA) is 95.9 Å². The van der Waals surface area contributed by atoms with Crippen LogP contribution in [-0.4, -0.2) is 47.4 Å². The number of allylic oxidation sites excluding steroid dienone is 7. The lowest BCUT2D eigenvalue weighted by molar-refractivity contribution is -0.143. The first-order valence-electron chi connectivity index (χ1n) is 29.9. The molecule has 0 aromatic heterocycles. The summed E-state index contributed by atoms with van der Waals surface area (Å²) in [6, 6.07) is -0.642. The molecule has 0 radical (unpaired) electrons. The van der Waals surface area contributed by atoms with Crippen molar-refractivity contribution in [2.75, 3.05) is 13.2 Å². The van der Waals surface area contributed by atoms with Gasteiger partial charge >= 0.3 is 5.97 Å². The van der Waals surface area contributed by atoms with E-state index in [0.717, 1.165) is 70.6 Å². The Labute approximate surface area is 423 Å². The van der Waals surface area contributed by atoms with E-state index in [1.807, 2.05) is 6.08 Å². The van der Waals surface area contributed by atoms with Crippen LogP contribution >= 0.6 is 0 Å². The fourth-order valence-corrected chi connectivity index (χ4v) is 8.95. The summed E-state index contributed by atoms with van der Waals surface area (Å²) in [6.45, 7) is 4.87. The molecule has 6 heteroatoms. The van der Waals surface area contributed by atoms with Gasteiger partial charge in [-0.2, -0.15) is 0 Å². The van der Waals surface area contributed by atoms with Gasteiger partial charge in [0.15, 0.2) is 0 Å². The van der Waals surface area contributed by atoms with E-state index < -0.39 is 12.1 Å². The fraction of sp³-hybridized carbons (Fsp3) is 0.839. The Balaban J connectivity index is 3.50. The smallest absolute Gasteiger partial charge is 0.305 e. The van der Waals surface area contributed by atoms with Crippen LogP contribution < -0.4 is 5.32 Å². The summed E-state index contributed by atoms with van der Waals surface area (Å²) in [7, 11) is 0. The lowest BCUT2D eigenvalue weighted by Crippen LogP contribution is -2.45. The second kappa shape index (κ2) is 57.4. The van der Waals surface area contributed by atoms with Crippen LogP contribution in [0.3, 0.4) is 0 Å². The summed E-state index contributed by atoms with van der Waals surface area (Å²) in [5, 5.41) is 23.1. The molecule has 2 atom stereocenters. The van der Waals surface area contributed by atoms with Gasteiger partial charge in [-0.25, -0.2) is 0 Å². The first-order valence-corrected chi connectivity index (χ1v) is 29.9. The molecule has 3 N–H and O–H groups in total. The highest BCUT2D eigenvalue weighted by molar-refractivity contribution is 5.76. The predicted octanol–water partition coefficient (Wildman–Crippen LogP) is 18.6. The Hall–Kier alpha value is -2.18. The predicted molar refractivity (Wildman–Crippen MR) is 296 cm³/mol. The molecule has 0 saturated heterocycles.